The van der Waals surface area contributed by atoms with Gasteiger partial charge >= 0.3 is 0 Å². The third-order valence-corrected chi connectivity index (χ3v) is 2.14. The SMILES string of the molecule is NC(Cc1ccco1)c1ncccc1F. The van der Waals surface area contributed by atoms with Crippen LogP contribution in [0.1, 0.15) is 17.5 Å². The van der Waals surface area contributed by atoms with Crippen molar-refractivity contribution in [2.24, 2.45) is 5.73 Å². The van der Waals surface area contributed by atoms with E-state index in [1.165, 1.54) is 12.3 Å². The quantitative estimate of drug-likeness (QED) is 0.836. The molecule has 2 aromatic heterocycles. The van der Waals surface area contributed by atoms with Crippen LogP contribution < -0.4 is 5.73 Å². The zero-order chi connectivity index (χ0) is 10.7. The van der Waals surface area contributed by atoms with Crippen LogP contribution in [0.25, 0.3) is 0 Å². The van der Waals surface area contributed by atoms with Crippen LogP contribution in [0.2, 0.25) is 0 Å². The highest BCUT2D eigenvalue weighted by Crippen LogP contribution is 2.16. The first-order valence-corrected chi connectivity index (χ1v) is 4.66. The first-order valence-electron chi connectivity index (χ1n) is 4.66. The minimum absolute atomic E-state index is 0.272. The summed E-state index contributed by atoms with van der Waals surface area (Å²) in [5, 5.41) is 0. The van der Waals surface area contributed by atoms with Gasteiger partial charge in [0, 0.05) is 12.6 Å². The van der Waals surface area contributed by atoms with E-state index in [9.17, 15) is 4.39 Å². The number of rotatable bonds is 3. The molecule has 78 valence electrons. The predicted octanol–water partition coefficient (Wildman–Crippen LogP) is 2.06. The summed E-state index contributed by atoms with van der Waals surface area (Å²) in [5.41, 5.74) is 6.10. The number of halogens is 1. The van der Waals surface area contributed by atoms with Crippen LogP contribution >= 0.6 is 0 Å². The van der Waals surface area contributed by atoms with Crippen molar-refractivity contribution in [1.29, 1.82) is 0 Å². The molecule has 0 aliphatic rings. The highest BCUT2D eigenvalue weighted by molar-refractivity contribution is 5.13. The Labute approximate surface area is 86.7 Å². The second-order valence-electron chi connectivity index (χ2n) is 3.26. The summed E-state index contributed by atoms with van der Waals surface area (Å²) in [7, 11) is 0. The fourth-order valence-corrected chi connectivity index (χ4v) is 1.41. The molecule has 15 heavy (non-hydrogen) atoms. The molecule has 0 saturated heterocycles. The van der Waals surface area contributed by atoms with Crippen LogP contribution in [0, 0.1) is 5.82 Å². The minimum atomic E-state index is -0.475. The van der Waals surface area contributed by atoms with Gasteiger partial charge in [-0.3, -0.25) is 4.98 Å². The van der Waals surface area contributed by atoms with E-state index in [4.69, 9.17) is 10.2 Å². The van der Waals surface area contributed by atoms with Crippen molar-refractivity contribution in [2.75, 3.05) is 0 Å². The minimum Gasteiger partial charge on any atom is -0.469 e. The van der Waals surface area contributed by atoms with E-state index in [1.54, 1.807) is 24.5 Å². The number of furan rings is 1. The molecule has 0 aromatic carbocycles. The second kappa shape index (κ2) is 4.23. The number of aromatic nitrogens is 1. The molecule has 1 unspecified atom stereocenters. The van der Waals surface area contributed by atoms with Gasteiger partial charge in [0.2, 0.25) is 0 Å². The van der Waals surface area contributed by atoms with Crippen molar-refractivity contribution < 1.29 is 8.81 Å². The molecule has 0 amide bonds. The molecule has 0 bridgehead atoms. The first-order chi connectivity index (χ1) is 7.27. The van der Waals surface area contributed by atoms with Gasteiger partial charge in [-0.05, 0) is 24.3 Å². The van der Waals surface area contributed by atoms with E-state index in [-0.39, 0.29) is 11.5 Å². The van der Waals surface area contributed by atoms with E-state index in [0.717, 1.165) is 5.76 Å². The van der Waals surface area contributed by atoms with Gasteiger partial charge in [-0.25, -0.2) is 4.39 Å². The van der Waals surface area contributed by atoms with Gasteiger partial charge in [0.05, 0.1) is 18.0 Å². The van der Waals surface area contributed by atoms with E-state index in [1.807, 2.05) is 0 Å². The number of nitrogens with two attached hydrogens (primary N) is 1. The summed E-state index contributed by atoms with van der Waals surface area (Å²) in [4.78, 5) is 3.92. The van der Waals surface area contributed by atoms with Crippen molar-refractivity contribution in [3.8, 4) is 0 Å². The van der Waals surface area contributed by atoms with Crippen molar-refractivity contribution in [3.63, 3.8) is 0 Å². The van der Waals surface area contributed by atoms with Gasteiger partial charge in [0.15, 0.2) is 0 Å². The van der Waals surface area contributed by atoms with Gasteiger partial charge in [-0.1, -0.05) is 0 Å². The summed E-state index contributed by atoms with van der Waals surface area (Å²) < 4.78 is 18.4. The zero-order valence-corrected chi connectivity index (χ0v) is 8.06. The fraction of sp³-hybridized carbons (Fsp3) is 0.182. The van der Waals surface area contributed by atoms with Crippen LogP contribution in [0.15, 0.2) is 41.1 Å². The van der Waals surface area contributed by atoms with Crippen molar-refractivity contribution in [3.05, 3.63) is 54.0 Å². The lowest BCUT2D eigenvalue weighted by Crippen LogP contribution is -2.16. The average molecular weight is 206 g/mol. The molecule has 0 saturated carbocycles. The zero-order valence-electron chi connectivity index (χ0n) is 8.06. The molecule has 2 N–H and O–H groups in total. The summed E-state index contributed by atoms with van der Waals surface area (Å²) in [5.74, 6) is 0.351. The molecular weight excluding hydrogens is 195 g/mol. The third kappa shape index (κ3) is 2.22. The van der Waals surface area contributed by atoms with Crippen LogP contribution in [0.4, 0.5) is 4.39 Å². The standard InChI is InChI=1S/C11H11FN2O/c12-9-4-1-5-14-11(9)10(13)7-8-3-2-6-15-8/h1-6,10H,7,13H2. The maximum absolute atomic E-state index is 13.3. The van der Waals surface area contributed by atoms with Gasteiger partial charge in [-0.2, -0.15) is 0 Å². The summed E-state index contributed by atoms with van der Waals surface area (Å²) in [6.07, 6.45) is 3.54. The summed E-state index contributed by atoms with van der Waals surface area (Å²) in [6.45, 7) is 0. The molecule has 0 radical (unpaired) electrons. The van der Waals surface area contributed by atoms with E-state index in [0.29, 0.717) is 6.42 Å². The maximum Gasteiger partial charge on any atom is 0.146 e. The lowest BCUT2D eigenvalue weighted by molar-refractivity contribution is 0.476. The number of hydrogen-bond acceptors (Lipinski definition) is 3. The normalized spacial score (nSPS) is 12.7. The number of nitrogens with zero attached hydrogens (tertiary/aromatic N) is 1. The number of hydrogen-bond donors (Lipinski definition) is 1. The van der Waals surface area contributed by atoms with Gasteiger partial charge in [0.25, 0.3) is 0 Å². The molecule has 2 rings (SSSR count). The molecule has 0 aliphatic heterocycles. The van der Waals surface area contributed by atoms with Crippen LogP contribution in [-0.4, -0.2) is 4.98 Å². The maximum atomic E-state index is 13.3. The highest BCUT2D eigenvalue weighted by atomic mass is 19.1. The van der Waals surface area contributed by atoms with Crippen LogP contribution in [0.3, 0.4) is 0 Å². The molecule has 3 nitrogen and oxygen atoms in total. The Morgan fingerprint density at radius 2 is 2.27 bits per heavy atom. The van der Waals surface area contributed by atoms with E-state index >= 15 is 0 Å². The highest BCUT2D eigenvalue weighted by Gasteiger charge is 2.14. The summed E-state index contributed by atoms with van der Waals surface area (Å²) in [6, 6.07) is 6.00. The number of pyridine rings is 1. The predicted molar refractivity (Wildman–Crippen MR) is 53.5 cm³/mol. The molecule has 0 fully saturated rings. The Bertz CT molecular complexity index is 428. The second-order valence-corrected chi connectivity index (χ2v) is 3.26. The van der Waals surface area contributed by atoms with Crippen molar-refractivity contribution in [2.45, 2.75) is 12.5 Å². The van der Waals surface area contributed by atoms with Crippen molar-refractivity contribution in [1.82, 2.24) is 4.98 Å². The smallest absolute Gasteiger partial charge is 0.146 e. The molecule has 2 aromatic rings. The largest absolute Gasteiger partial charge is 0.469 e. The third-order valence-electron chi connectivity index (χ3n) is 2.14. The fourth-order valence-electron chi connectivity index (χ4n) is 1.41. The molecule has 0 spiro atoms. The Morgan fingerprint density at radius 3 is 2.93 bits per heavy atom. The molecule has 1 atom stereocenters. The molecule has 2 heterocycles. The lowest BCUT2D eigenvalue weighted by atomic mass is 10.1. The Morgan fingerprint density at radius 1 is 1.40 bits per heavy atom. The molecule has 4 heteroatoms. The van der Waals surface area contributed by atoms with Crippen molar-refractivity contribution >= 4 is 0 Å². The summed E-state index contributed by atoms with van der Waals surface area (Å²) >= 11 is 0. The Kier molecular flexibility index (Phi) is 2.78. The van der Waals surface area contributed by atoms with Crippen LogP contribution in [-0.2, 0) is 6.42 Å². The Hall–Kier alpha value is -1.68. The monoisotopic (exact) mass is 206 g/mol. The van der Waals surface area contributed by atoms with E-state index in [2.05, 4.69) is 4.98 Å². The molecule has 0 aliphatic carbocycles. The van der Waals surface area contributed by atoms with Gasteiger partial charge in [-0.15, -0.1) is 0 Å². The van der Waals surface area contributed by atoms with Crippen LogP contribution in [0.5, 0.6) is 0 Å². The topological polar surface area (TPSA) is 52.0 Å². The average Bonchev–Trinajstić information content (AvgIpc) is 2.71. The lowest BCUT2D eigenvalue weighted by Gasteiger charge is -2.09. The molecular formula is C11H11FN2O. The first kappa shape index (κ1) is 9.86. The van der Waals surface area contributed by atoms with E-state index < -0.39 is 6.04 Å². The van der Waals surface area contributed by atoms with Gasteiger partial charge < -0.3 is 10.2 Å². The van der Waals surface area contributed by atoms with Gasteiger partial charge in [0.1, 0.15) is 11.6 Å². The Balaban J connectivity index is 2.15.